The Morgan fingerprint density at radius 1 is 1.10 bits per heavy atom. The Morgan fingerprint density at radius 2 is 2.02 bits per heavy atom. The number of pyridine rings is 2. The van der Waals surface area contributed by atoms with Crippen molar-refractivity contribution in [2.24, 2.45) is 0 Å². The van der Waals surface area contributed by atoms with Crippen molar-refractivity contribution < 1.29 is 9.53 Å². The van der Waals surface area contributed by atoms with Crippen molar-refractivity contribution in [2.75, 3.05) is 18.1 Å². The first-order valence-corrected chi connectivity index (χ1v) is 14.2. The van der Waals surface area contributed by atoms with Gasteiger partial charge in [-0.2, -0.15) is 0 Å². The average molecular weight is 598 g/mol. The van der Waals surface area contributed by atoms with Gasteiger partial charge in [0.1, 0.15) is 23.7 Å². The number of anilines is 1. The zero-order chi connectivity index (χ0) is 28.9. The Kier molecular flexibility index (Phi) is 7.93. The maximum Gasteiger partial charge on any atom is 0.261 e. The molecular formula is C30H24ClN7O3S. The Labute approximate surface area is 249 Å². The van der Waals surface area contributed by atoms with E-state index < -0.39 is 0 Å². The number of hydrogen-bond acceptors (Lipinski definition) is 8. The third kappa shape index (κ3) is 6.17. The number of amides is 1. The standard InChI is InChI=1S/C30H24ClN7O3S/c31-28-11-10-27(42-28)30(40)33-16-22-19-38(35-34-22)25-9-8-23(37-14-2-1-7-29(37)39)15-26(25)41-20-21-5-4-13-36(18-21)24-6-3-12-32-17-24/h1-12,14-15,17-19H,13,16,20H2,(H,33,40). The molecule has 0 atom stereocenters. The molecule has 0 bridgehead atoms. The smallest absolute Gasteiger partial charge is 0.261 e. The lowest BCUT2D eigenvalue weighted by Gasteiger charge is -2.23. The molecule has 0 spiro atoms. The minimum atomic E-state index is -0.239. The first kappa shape index (κ1) is 27.2. The van der Waals surface area contributed by atoms with Crippen molar-refractivity contribution in [2.45, 2.75) is 6.54 Å². The van der Waals surface area contributed by atoms with Crippen molar-refractivity contribution >= 4 is 34.5 Å². The number of halogens is 1. The van der Waals surface area contributed by atoms with E-state index in [0.717, 1.165) is 17.8 Å². The van der Waals surface area contributed by atoms with Gasteiger partial charge in [0.15, 0.2) is 0 Å². The number of rotatable bonds is 9. The van der Waals surface area contributed by atoms with E-state index in [1.807, 2.05) is 42.7 Å². The summed E-state index contributed by atoms with van der Waals surface area (Å²) >= 11 is 7.15. The van der Waals surface area contributed by atoms with Crippen LogP contribution in [0.5, 0.6) is 5.75 Å². The molecule has 0 saturated heterocycles. The number of hydrogen-bond donors (Lipinski definition) is 1. The van der Waals surface area contributed by atoms with E-state index in [-0.39, 0.29) is 24.6 Å². The second-order valence-corrected chi connectivity index (χ2v) is 11.0. The van der Waals surface area contributed by atoms with Gasteiger partial charge < -0.3 is 15.0 Å². The first-order chi connectivity index (χ1) is 20.5. The molecule has 1 aromatic carbocycles. The molecule has 210 valence electrons. The highest BCUT2D eigenvalue weighted by molar-refractivity contribution is 7.18. The molecule has 5 aromatic rings. The molecule has 1 N–H and O–H groups in total. The van der Waals surface area contributed by atoms with E-state index in [2.05, 4.69) is 31.6 Å². The second kappa shape index (κ2) is 12.2. The SMILES string of the molecule is O=C(NCc1cn(-c2ccc(-n3ccccc3=O)cc2OCC2=CN(c3cccnc3)CC=C2)nn1)c1ccc(Cl)s1. The first-order valence-electron chi connectivity index (χ1n) is 13.0. The van der Waals surface area contributed by atoms with Crippen LogP contribution in [0.1, 0.15) is 15.4 Å². The number of ether oxygens (including phenoxy) is 1. The fraction of sp³-hybridized carbons (Fsp3) is 0.100. The van der Waals surface area contributed by atoms with Gasteiger partial charge in [0, 0.05) is 42.8 Å². The van der Waals surface area contributed by atoms with Gasteiger partial charge in [-0.15, -0.1) is 16.4 Å². The summed E-state index contributed by atoms with van der Waals surface area (Å²) in [5, 5.41) is 11.3. The number of nitrogens with zero attached hydrogens (tertiary/aromatic N) is 6. The van der Waals surface area contributed by atoms with Crippen LogP contribution in [0.2, 0.25) is 4.34 Å². The van der Waals surface area contributed by atoms with E-state index in [1.54, 1.807) is 58.2 Å². The highest BCUT2D eigenvalue weighted by atomic mass is 35.5. The number of nitrogens with one attached hydrogen (secondary N) is 1. The van der Waals surface area contributed by atoms with Gasteiger partial charge in [-0.25, -0.2) is 4.68 Å². The Balaban J connectivity index is 1.25. The zero-order valence-electron chi connectivity index (χ0n) is 22.1. The van der Waals surface area contributed by atoms with Crippen LogP contribution in [0.4, 0.5) is 5.69 Å². The lowest BCUT2D eigenvalue weighted by molar-refractivity contribution is 0.0954. The summed E-state index contributed by atoms with van der Waals surface area (Å²) in [6.45, 7) is 1.18. The highest BCUT2D eigenvalue weighted by Gasteiger charge is 2.15. The molecule has 1 aliphatic heterocycles. The fourth-order valence-electron chi connectivity index (χ4n) is 4.35. The quantitative estimate of drug-likeness (QED) is 0.260. The number of aromatic nitrogens is 5. The summed E-state index contributed by atoms with van der Waals surface area (Å²) in [6.07, 6.45) is 13.1. The molecule has 0 unspecified atom stereocenters. The second-order valence-electron chi connectivity index (χ2n) is 9.26. The van der Waals surface area contributed by atoms with Crippen LogP contribution in [0.3, 0.4) is 0 Å². The van der Waals surface area contributed by atoms with Gasteiger partial charge in [0.25, 0.3) is 11.5 Å². The van der Waals surface area contributed by atoms with Crippen LogP contribution in [0.15, 0.2) is 114 Å². The largest absolute Gasteiger partial charge is 0.487 e. The predicted molar refractivity (Wildman–Crippen MR) is 162 cm³/mol. The third-order valence-corrected chi connectivity index (χ3v) is 7.62. The number of carbonyl (C=O) groups is 1. The topological polar surface area (TPSA) is 107 Å². The molecule has 0 fully saturated rings. The minimum absolute atomic E-state index is 0.160. The molecule has 12 heteroatoms. The van der Waals surface area contributed by atoms with Crippen molar-refractivity contribution in [1.82, 2.24) is 29.9 Å². The van der Waals surface area contributed by atoms with Crippen molar-refractivity contribution in [3.05, 3.63) is 135 Å². The number of thiophene rings is 1. The Bertz CT molecular complexity index is 1840. The summed E-state index contributed by atoms with van der Waals surface area (Å²) in [6, 6.07) is 17.7. The summed E-state index contributed by atoms with van der Waals surface area (Å²) in [4.78, 5) is 31.8. The van der Waals surface area contributed by atoms with E-state index in [9.17, 15) is 9.59 Å². The molecule has 6 rings (SSSR count). The van der Waals surface area contributed by atoms with Crippen LogP contribution in [-0.4, -0.2) is 43.6 Å². The number of carbonyl (C=O) groups excluding carboxylic acids is 1. The van der Waals surface area contributed by atoms with E-state index >= 15 is 0 Å². The summed E-state index contributed by atoms with van der Waals surface area (Å²) in [5.41, 5.74) is 3.61. The molecule has 5 heterocycles. The van der Waals surface area contributed by atoms with Crippen LogP contribution in [0, 0.1) is 0 Å². The van der Waals surface area contributed by atoms with Gasteiger partial charge in [0.2, 0.25) is 0 Å². The predicted octanol–water partition coefficient (Wildman–Crippen LogP) is 4.80. The molecule has 1 aliphatic rings. The Hall–Kier alpha value is -5.00. The Morgan fingerprint density at radius 3 is 2.83 bits per heavy atom. The lowest BCUT2D eigenvalue weighted by Crippen LogP contribution is -2.21. The van der Waals surface area contributed by atoms with Crippen molar-refractivity contribution in [3.63, 3.8) is 0 Å². The number of benzene rings is 1. The lowest BCUT2D eigenvalue weighted by atomic mass is 10.2. The molecule has 4 aromatic heterocycles. The molecule has 10 nitrogen and oxygen atoms in total. The maximum atomic E-state index is 12.5. The van der Waals surface area contributed by atoms with Crippen LogP contribution >= 0.6 is 22.9 Å². The molecular weight excluding hydrogens is 574 g/mol. The summed E-state index contributed by atoms with van der Waals surface area (Å²) in [5.74, 6) is 0.266. The monoisotopic (exact) mass is 597 g/mol. The van der Waals surface area contributed by atoms with Gasteiger partial charge in [-0.1, -0.05) is 35.0 Å². The third-order valence-electron chi connectivity index (χ3n) is 6.39. The molecule has 0 saturated carbocycles. The van der Waals surface area contributed by atoms with E-state index in [0.29, 0.717) is 32.0 Å². The minimum Gasteiger partial charge on any atom is -0.487 e. The van der Waals surface area contributed by atoms with Gasteiger partial charge in [0.05, 0.1) is 39.5 Å². The molecule has 0 aliphatic carbocycles. The maximum absolute atomic E-state index is 12.5. The van der Waals surface area contributed by atoms with Crippen LogP contribution < -0.4 is 20.5 Å². The normalized spacial score (nSPS) is 12.7. The molecule has 42 heavy (non-hydrogen) atoms. The van der Waals surface area contributed by atoms with E-state index in [1.165, 1.54) is 17.4 Å². The molecule has 0 radical (unpaired) electrons. The molecule has 1 amide bonds. The van der Waals surface area contributed by atoms with Crippen molar-refractivity contribution in [3.8, 4) is 17.1 Å². The van der Waals surface area contributed by atoms with Crippen molar-refractivity contribution in [1.29, 1.82) is 0 Å². The van der Waals surface area contributed by atoms with Crippen LogP contribution in [-0.2, 0) is 6.54 Å². The zero-order valence-corrected chi connectivity index (χ0v) is 23.7. The summed E-state index contributed by atoms with van der Waals surface area (Å²) < 4.78 is 10.0. The van der Waals surface area contributed by atoms with Gasteiger partial charge >= 0.3 is 0 Å². The van der Waals surface area contributed by atoms with E-state index in [4.69, 9.17) is 16.3 Å². The van der Waals surface area contributed by atoms with Gasteiger partial charge in [-0.05, 0) is 42.5 Å². The fourth-order valence-corrected chi connectivity index (χ4v) is 5.31. The van der Waals surface area contributed by atoms with Crippen LogP contribution in [0.25, 0.3) is 11.4 Å². The van der Waals surface area contributed by atoms with Gasteiger partial charge in [-0.3, -0.25) is 19.1 Å². The average Bonchev–Trinajstić information content (AvgIpc) is 3.69. The summed E-state index contributed by atoms with van der Waals surface area (Å²) in [7, 11) is 0. The highest BCUT2D eigenvalue weighted by Crippen LogP contribution is 2.27.